The van der Waals surface area contributed by atoms with Gasteiger partial charge >= 0.3 is 6.09 Å². The highest BCUT2D eigenvalue weighted by Gasteiger charge is 2.19. The van der Waals surface area contributed by atoms with E-state index < -0.39 is 16.1 Å². The second-order valence-corrected chi connectivity index (χ2v) is 7.67. The van der Waals surface area contributed by atoms with E-state index >= 15 is 0 Å². The minimum absolute atomic E-state index is 0.0186. The van der Waals surface area contributed by atoms with Crippen molar-refractivity contribution in [1.82, 2.24) is 0 Å². The van der Waals surface area contributed by atoms with Crippen LogP contribution in [0.1, 0.15) is 15.9 Å². The van der Waals surface area contributed by atoms with E-state index in [0.717, 1.165) is 0 Å². The van der Waals surface area contributed by atoms with E-state index in [1.54, 1.807) is 48.5 Å². The molecule has 0 aliphatic carbocycles. The highest BCUT2D eigenvalue weighted by atomic mass is 32.2. The van der Waals surface area contributed by atoms with Crippen LogP contribution in [0.3, 0.4) is 0 Å². The van der Waals surface area contributed by atoms with E-state index in [1.807, 2.05) is 0 Å². The normalized spacial score (nSPS) is 10.8. The number of nitrogens with one attached hydrogen (secondary N) is 2. The summed E-state index contributed by atoms with van der Waals surface area (Å²) in [5.41, 5.74) is 1.26. The number of sulfonamides is 1. The van der Waals surface area contributed by atoms with Crippen molar-refractivity contribution in [2.45, 2.75) is 4.90 Å². The number of methoxy groups -OCH3 is 1. The van der Waals surface area contributed by atoms with Crippen LogP contribution < -0.4 is 10.0 Å². The van der Waals surface area contributed by atoms with Gasteiger partial charge in [-0.2, -0.15) is 0 Å². The van der Waals surface area contributed by atoms with Crippen molar-refractivity contribution in [3.8, 4) is 0 Å². The summed E-state index contributed by atoms with van der Waals surface area (Å²) in [7, 11) is -2.72. The number of hydrogen-bond donors (Lipinski definition) is 2. The molecule has 0 saturated heterocycles. The summed E-state index contributed by atoms with van der Waals surface area (Å²) in [4.78, 5) is 24.0. The van der Waals surface area contributed by atoms with Gasteiger partial charge in [0.15, 0.2) is 5.78 Å². The number of para-hydroxylation sites is 1. The van der Waals surface area contributed by atoms with Crippen molar-refractivity contribution in [3.63, 3.8) is 0 Å². The maximum Gasteiger partial charge on any atom is 0.411 e. The minimum atomic E-state index is -3.95. The maximum absolute atomic E-state index is 12.8. The van der Waals surface area contributed by atoms with Crippen LogP contribution in [-0.2, 0) is 14.8 Å². The molecule has 1 amide bonds. The largest absolute Gasteiger partial charge is 0.453 e. The first-order valence-electron chi connectivity index (χ1n) is 8.57. The Kier molecular flexibility index (Phi) is 5.94. The highest BCUT2D eigenvalue weighted by Crippen LogP contribution is 2.23. The van der Waals surface area contributed by atoms with Gasteiger partial charge in [0.25, 0.3) is 10.0 Å². The molecule has 0 atom stereocenters. The Morgan fingerprint density at radius 1 is 0.828 bits per heavy atom. The summed E-state index contributed by atoms with van der Waals surface area (Å²) in [6.45, 7) is 0. The van der Waals surface area contributed by atoms with Gasteiger partial charge < -0.3 is 4.74 Å². The molecule has 148 valence electrons. The van der Waals surface area contributed by atoms with Gasteiger partial charge in [-0.1, -0.05) is 42.5 Å². The molecule has 3 aromatic rings. The second kappa shape index (κ2) is 8.57. The lowest BCUT2D eigenvalue weighted by Gasteiger charge is -2.12. The molecule has 29 heavy (non-hydrogen) atoms. The molecule has 0 heterocycles. The summed E-state index contributed by atoms with van der Waals surface area (Å²) in [5, 5.41) is 2.44. The highest BCUT2D eigenvalue weighted by molar-refractivity contribution is 7.92. The minimum Gasteiger partial charge on any atom is -0.453 e. The molecular weight excluding hydrogens is 392 g/mol. The first-order chi connectivity index (χ1) is 13.9. The van der Waals surface area contributed by atoms with E-state index in [1.165, 1.54) is 37.4 Å². The van der Waals surface area contributed by atoms with Crippen molar-refractivity contribution < 1.29 is 22.7 Å². The van der Waals surface area contributed by atoms with Crippen LogP contribution in [0.2, 0.25) is 0 Å². The molecule has 0 radical (unpaired) electrons. The van der Waals surface area contributed by atoms with Gasteiger partial charge in [0, 0.05) is 16.8 Å². The molecule has 0 aliphatic rings. The van der Waals surface area contributed by atoms with Crippen LogP contribution in [0.4, 0.5) is 16.2 Å². The summed E-state index contributed by atoms with van der Waals surface area (Å²) >= 11 is 0. The number of ketones is 1. The van der Waals surface area contributed by atoms with Crippen LogP contribution in [-0.4, -0.2) is 27.4 Å². The maximum atomic E-state index is 12.8. The first-order valence-corrected chi connectivity index (χ1v) is 10.1. The Hall–Kier alpha value is -3.65. The number of ether oxygens (including phenoxy) is 1. The Morgan fingerprint density at radius 2 is 1.45 bits per heavy atom. The first kappa shape index (κ1) is 20.1. The van der Waals surface area contributed by atoms with Crippen molar-refractivity contribution in [2.75, 3.05) is 17.1 Å². The lowest BCUT2D eigenvalue weighted by molar-refractivity contribution is 0.103. The third-order valence-corrected chi connectivity index (χ3v) is 5.43. The van der Waals surface area contributed by atoms with Gasteiger partial charge in [0.2, 0.25) is 0 Å². The smallest absolute Gasteiger partial charge is 0.411 e. The average Bonchev–Trinajstić information content (AvgIpc) is 2.74. The molecule has 3 rings (SSSR count). The lowest BCUT2D eigenvalue weighted by Crippen LogP contribution is -2.16. The number of rotatable bonds is 6. The third-order valence-electron chi connectivity index (χ3n) is 4.05. The van der Waals surface area contributed by atoms with Gasteiger partial charge in [-0.15, -0.1) is 0 Å². The zero-order valence-electron chi connectivity index (χ0n) is 15.5. The number of hydrogen-bond acceptors (Lipinski definition) is 5. The Labute approximate surface area is 168 Å². The molecule has 8 heteroatoms. The third kappa shape index (κ3) is 4.80. The Morgan fingerprint density at radius 3 is 2.10 bits per heavy atom. The number of anilines is 2. The molecule has 0 bridgehead atoms. The van der Waals surface area contributed by atoms with Gasteiger partial charge in [0.1, 0.15) is 0 Å². The predicted octanol–water partition coefficient (Wildman–Crippen LogP) is 3.90. The van der Waals surface area contributed by atoms with Gasteiger partial charge in [-0.25, -0.2) is 13.2 Å². The average molecular weight is 410 g/mol. The zero-order chi connectivity index (χ0) is 20.9. The Bertz CT molecular complexity index is 1130. The van der Waals surface area contributed by atoms with Crippen LogP contribution in [0.25, 0.3) is 0 Å². The predicted molar refractivity (Wildman–Crippen MR) is 110 cm³/mol. The number of amides is 1. The number of carbonyl (C=O) groups is 2. The number of carbonyl (C=O) groups excluding carboxylic acids is 2. The second-order valence-electron chi connectivity index (χ2n) is 5.99. The molecule has 0 saturated carbocycles. The molecule has 3 aromatic carbocycles. The van der Waals surface area contributed by atoms with Gasteiger partial charge in [-0.3, -0.25) is 14.8 Å². The van der Waals surface area contributed by atoms with Crippen molar-refractivity contribution >= 4 is 33.3 Å². The fourth-order valence-electron chi connectivity index (χ4n) is 2.61. The Balaban J connectivity index is 1.86. The van der Waals surface area contributed by atoms with Gasteiger partial charge in [0.05, 0.1) is 17.7 Å². The molecule has 2 N–H and O–H groups in total. The standard InChI is InChI=1S/C21H18N2O5S/c1-28-21(25)22-16-11-13-17(14-12-16)29(26,27)23-19-10-6-5-9-18(19)20(24)15-7-3-2-4-8-15/h2-14,23H,1H3,(H,22,25). The molecule has 0 aliphatic heterocycles. The number of benzene rings is 3. The molecule has 0 aromatic heterocycles. The molecular formula is C21H18N2O5S. The molecule has 0 spiro atoms. The van der Waals surface area contributed by atoms with Crippen molar-refractivity contribution in [3.05, 3.63) is 90.0 Å². The molecule has 0 unspecified atom stereocenters. The van der Waals surface area contributed by atoms with Crippen LogP contribution >= 0.6 is 0 Å². The molecule has 0 fully saturated rings. The SMILES string of the molecule is COC(=O)Nc1ccc(S(=O)(=O)Nc2ccccc2C(=O)c2ccccc2)cc1. The van der Waals surface area contributed by atoms with E-state index in [9.17, 15) is 18.0 Å². The van der Waals surface area contributed by atoms with Crippen molar-refractivity contribution in [2.24, 2.45) is 0 Å². The zero-order valence-corrected chi connectivity index (χ0v) is 16.3. The fraction of sp³-hybridized carbons (Fsp3) is 0.0476. The van der Waals surface area contributed by atoms with E-state index in [2.05, 4.69) is 14.8 Å². The van der Waals surface area contributed by atoms with Crippen LogP contribution in [0.15, 0.2) is 83.8 Å². The van der Waals surface area contributed by atoms with Gasteiger partial charge in [-0.05, 0) is 36.4 Å². The van der Waals surface area contributed by atoms with E-state index in [4.69, 9.17) is 0 Å². The van der Waals surface area contributed by atoms with Crippen LogP contribution in [0, 0.1) is 0 Å². The van der Waals surface area contributed by atoms with E-state index in [0.29, 0.717) is 11.3 Å². The fourth-order valence-corrected chi connectivity index (χ4v) is 3.68. The summed E-state index contributed by atoms with van der Waals surface area (Å²) in [6.07, 6.45) is -0.660. The summed E-state index contributed by atoms with van der Waals surface area (Å²) < 4.78 is 32.5. The van der Waals surface area contributed by atoms with Crippen LogP contribution in [0.5, 0.6) is 0 Å². The lowest BCUT2D eigenvalue weighted by atomic mass is 10.0. The van der Waals surface area contributed by atoms with E-state index in [-0.39, 0.29) is 21.9 Å². The van der Waals surface area contributed by atoms with Crippen molar-refractivity contribution in [1.29, 1.82) is 0 Å². The summed E-state index contributed by atoms with van der Waals surface area (Å²) in [6, 6.07) is 20.6. The molecule has 7 nitrogen and oxygen atoms in total. The quantitative estimate of drug-likeness (QED) is 0.600. The summed E-state index contributed by atoms with van der Waals surface area (Å²) in [5.74, 6) is -0.290. The topological polar surface area (TPSA) is 102 Å². The monoisotopic (exact) mass is 410 g/mol.